The molecule has 0 bridgehead atoms. The Morgan fingerprint density at radius 1 is 1.24 bits per heavy atom. The summed E-state index contributed by atoms with van der Waals surface area (Å²) in [5, 5.41) is 3.69. The molecule has 1 aromatic carbocycles. The maximum Gasteiger partial charge on any atom is 0.123 e. The fourth-order valence-corrected chi connectivity index (χ4v) is 3.44. The highest BCUT2D eigenvalue weighted by Gasteiger charge is 2.31. The van der Waals surface area contributed by atoms with E-state index in [-0.39, 0.29) is 5.82 Å². The fourth-order valence-electron chi connectivity index (χ4n) is 3.44. The summed E-state index contributed by atoms with van der Waals surface area (Å²) in [6.45, 7) is 4.52. The van der Waals surface area contributed by atoms with E-state index in [0.717, 1.165) is 44.6 Å². The van der Waals surface area contributed by atoms with E-state index in [1.807, 2.05) is 12.1 Å². The Bertz CT molecular complexity index is 473. The summed E-state index contributed by atoms with van der Waals surface area (Å²) in [6.07, 6.45) is 2.27. The Morgan fingerprint density at radius 3 is 2.81 bits per heavy atom. The third-order valence-electron chi connectivity index (χ3n) is 5.08. The van der Waals surface area contributed by atoms with E-state index in [4.69, 9.17) is 0 Å². The monoisotopic (exact) mass is 291 g/mol. The number of rotatable bonds is 4. The number of hydrogen-bond donors (Lipinski definition) is 1. The van der Waals surface area contributed by atoms with Crippen LogP contribution >= 0.6 is 0 Å². The van der Waals surface area contributed by atoms with Crippen molar-refractivity contribution in [3.05, 3.63) is 35.6 Å². The first-order chi connectivity index (χ1) is 10.1. The average molecular weight is 291 g/mol. The molecule has 1 N–H and O–H groups in total. The van der Waals surface area contributed by atoms with Crippen LogP contribution in [0, 0.1) is 5.82 Å². The molecule has 1 aromatic rings. The van der Waals surface area contributed by atoms with Crippen molar-refractivity contribution in [1.29, 1.82) is 0 Å². The molecule has 1 atom stereocenters. The lowest BCUT2D eigenvalue weighted by Gasteiger charge is -2.41. The zero-order chi connectivity index (χ0) is 14.8. The largest absolute Gasteiger partial charge is 0.312 e. The molecule has 0 radical (unpaired) electrons. The zero-order valence-corrected chi connectivity index (χ0v) is 13.1. The second kappa shape index (κ2) is 6.42. The lowest BCUT2D eigenvalue weighted by Crippen LogP contribution is -2.55. The molecule has 1 saturated carbocycles. The molecule has 0 amide bonds. The third kappa shape index (κ3) is 3.62. The number of benzene rings is 1. The molecule has 2 fully saturated rings. The lowest BCUT2D eigenvalue weighted by molar-refractivity contribution is 0.107. The molecule has 3 nitrogen and oxygen atoms in total. The van der Waals surface area contributed by atoms with Gasteiger partial charge in [-0.15, -0.1) is 0 Å². The highest BCUT2D eigenvalue weighted by molar-refractivity contribution is 5.23. The average Bonchev–Trinajstić information content (AvgIpc) is 2.41. The van der Waals surface area contributed by atoms with E-state index < -0.39 is 0 Å². The van der Waals surface area contributed by atoms with Crippen LogP contribution in [0.4, 0.5) is 4.39 Å². The van der Waals surface area contributed by atoms with Gasteiger partial charge in [0.25, 0.3) is 0 Å². The summed E-state index contributed by atoms with van der Waals surface area (Å²) in [4.78, 5) is 4.86. The minimum atomic E-state index is -0.115. The van der Waals surface area contributed by atoms with Crippen molar-refractivity contribution in [2.75, 3.05) is 40.3 Å². The van der Waals surface area contributed by atoms with Crippen LogP contribution in [0.15, 0.2) is 24.3 Å². The predicted molar refractivity (Wildman–Crippen MR) is 84.1 cm³/mol. The molecule has 0 spiro atoms. The minimum Gasteiger partial charge on any atom is -0.312 e. The van der Waals surface area contributed by atoms with Gasteiger partial charge in [0.05, 0.1) is 0 Å². The van der Waals surface area contributed by atoms with Crippen LogP contribution in [-0.4, -0.2) is 62.2 Å². The SMILES string of the molecule is CN1CCN(C)C(CNC2CC(c3cccc(F)c3)C2)C1. The summed E-state index contributed by atoms with van der Waals surface area (Å²) < 4.78 is 13.2. The van der Waals surface area contributed by atoms with Gasteiger partial charge in [-0.3, -0.25) is 4.90 Å². The first-order valence-electron chi connectivity index (χ1n) is 7.99. The van der Waals surface area contributed by atoms with Crippen molar-refractivity contribution in [1.82, 2.24) is 15.1 Å². The van der Waals surface area contributed by atoms with E-state index in [9.17, 15) is 4.39 Å². The van der Waals surface area contributed by atoms with Gasteiger partial charge in [-0.1, -0.05) is 12.1 Å². The van der Waals surface area contributed by atoms with Crippen LogP contribution in [-0.2, 0) is 0 Å². The van der Waals surface area contributed by atoms with Gasteiger partial charge in [0, 0.05) is 38.3 Å². The number of likely N-dealkylation sites (N-methyl/N-ethyl adjacent to an activating group) is 2. The molecule has 21 heavy (non-hydrogen) atoms. The van der Waals surface area contributed by atoms with E-state index in [1.165, 1.54) is 6.07 Å². The molecule has 1 unspecified atom stereocenters. The molecule has 0 aromatic heterocycles. The van der Waals surface area contributed by atoms with E-state index in [2.05, 4.69) is 29.2 Å². The molecule has 116 valence electrons. The van der Waals surface area contributed by atoms with Crippen LogP contribution in [0.3, 0.4) is 0 Å². The van der Waals surface area contributed by atoms with Gasteiger partial charge in [0.2, 0.25) is 0 Å². The second-order valence-electron chi connectivity index (χ2n) is 6.73. The Balaban J connectivity index is 1.43. The zero-order valence-electron chi connectivity index (χ0n) is 13.1. The number of hydrogen-bond acceptors (Lipinski definition) is 3. The van der Waals surface area contributed by atoms with Gasteiger partial charge in [-0.2, -0.15) is 0 Å². The maximum absolute atomic E-state index is 13.2. The van der Waals surface area contributed by atoms with Crippen molar-refractivity contribution in [3.8, 4) is 0 Å². The lowest BCUT2D eigenvalue weighted by atomic mass is 9.76. The molecule has 1 saturated heterocycles. The maximum atomic E-state index is 13.2. The van der Waals surface area contributed by atoms with Crippen molar-refractivity contribution in [3.63, 3.8) is 0 Å². The summed E-state index contributed by atoms with van der Waals surface area (Å²) >= 11 is 0. The Hall–Kier alpha value is -0.970. The Kier molecular flexibility index (Phi) is 4.57. The second-order valence-corrected chi connectivity index (χ2v) is 6.73. The number of nitrogens with one attached hydrogen (secondary N) is 1. The highest BCUT2D eigenvalue weighted by atomic mass is 19.1. The van der Waals surface area contributed by atoms with Gasteiger partial charge < -0.3 is 10.2 Å². The Labute approximate surface area is 127 Å². The van der Waals surface area contributed by atoms with E-state index in [0.29, 0.717) is 18.0 Å². The van der Waals surface area contributed by atoms with Gasteiger partial charge >= 0.3 is 0 Å². The molecule has 3 rings (SSSR count). The fraction of sp³-hybridized carbons (Fsp3) is 0.647. The summed E-state index contributed by atoms with van der Waals surface area (Å²) in [7, 11) is 4.42. The van der Waals surface area contributed by atoms with Crippen molar-refractivity contribution in [2.24, 2.45) is 0 Å². The predicted octanol–water partition coefficient (Wildman–Crippen LogP) is 1.91. The molecular weight excluding hydrogens is 265 g/mol. The Morgan fingerprint density at radius 2 is 2.05 bits per heavy atom. The summed E-state index contributed by atoms with van der Waals surface area (Å²) in [6, 6.07) is 8.28. The van der Waals surface area contributed by atoms with Crippen molar-refractivity contribution in [2.45, 2.75) is 30.8 Å². The number of halogens is 1. The van der Waals surface area contributed by atoms with Gasteiger partial charge in [-0.25, -0.2) is 4.39 Å². The molecule has 1 aliphatic heterocycles. The quantitative estimate of drug-likeness (QED) is 0.914. The normalized spacial score (nSPS) is 31.1. The summed E-state index contributed by atoms with van der Waals surface area (Å²) in [5.41, 5.74) is 1.16. The molecule has 4 heteroatoms. The van der Waals surface area contributed by atoms with Crippen LogP contribution in [0.5, 0.6) is 0 Å². The molecule has 1 aliphatic carbocycles. The smallest absolute Gasteiger partial charge is 0.123 e. The van der Waals surface area contributed by atoms with Crippen LogP contribution in [0.2, 0.25) is 0 Å². The van der Waals surface area contributed by atoms with E-state index in [1.54, 1.807) is 6.07 Å². The minimum absolute atomic E-state index is 0.115. The van der Waals surface area contributed by atoms with Crippen molar-refractivity contribution < 1.29 is 4.39 Å². The molecule has 1 heterocycles. The van der Waals surface area contributed by atoms with E-state index >= 15 is 0 Å². The third-order valence-corrected chi connectivity index (χ3v) is 5.08. The standard InChI is InChI=1S/C17H26FN3/c1-20-6-7-21(2)17(12-20)11-19-16-9-14(10-16)13-4-3-5-15(18)8-13/h3-5,8,14,16-17,19H,6-7,9-12H2,1-2H3. The summed E-state index contributed by atoms with van der Waals surface area (Å²) in [5.74, 6) is 0.417. The first-order valence-corrected chi connectivity index (χ1v) is 7.99. The van der Waals surface area contributed by atoms with Gasteiger partial charge in [0.15, 0.2) is 0 Å². The number of nitrogens with zero attached hydrogens (tertiary/aromatic N) is 2. The first kappa shape index (κ1) is 14.9. The van der Waals surface area contributed by atoms with Gasteiger partial charge in [0.1, 0.15) is 5.82 Å². The van der Waals surface area contributed by atoms with Crippen molar-refractivity contribution >= 4 is 0 Å². The van der Waals surface area contributed by atoms with Gasteiger partial charge in [-0.05, 0) is 50.6 Å². The van der Waals surface area contributed by atoms with Crippen LogP contribution in [0.1, 0.15) is 24.3 Å². The van der Waals surface area contributed by atoms with Crippen LogP contribution in [0.25, 0.3) is 0 Å². The van der Waals surface area contributed by atoms with Crippen LogP contribution < -0.4 is 5.32 Å². The molecule has 2 aliphatic rings. The number of piperazine rings is 1. The molecular formula is C17H26FN3. The topological polar surface area (TPSA) is 18.5 Å². The highest BCUT2D eigenvalue weighted by Crippen LogP contribution is 2.37.